The van der Waals surface area contributed by atoms with Gasteiger partial charge in [0.05, 0.1) is 13.7 Å². The lowest BCUT2D eigenvalue weighted by molar-refractivity contribution is 0.102. The summed E-state index contributed by atoms with van der Waals surface area (Å²) < 4.78 is 10.9. The zero-order chi connectivity index (χ0) is 20.9. The van der Waals surface area contributed by atoms with Crippen LogP contribution in [0, 0.1) is 6.92 Å². The number of amides is 1. The normalized spacial score (nSPS) is 14.5. The van der Waals surface area contributed by atoms with E-state index >= 15 is 0 Å². The van der Waals surface area contributed by atoms with E-state index in [1.807, 2.05) is 43.3 Å². The number of hydrogen-bond donors (Lipinski definition) is 1. The standard InChI is InChI=1S/C23H26N4O3/c1-17-6-8-18(9-7-17)24-23(28)21-16-30-22(25-21)15-26-10-12-27(13-11-26)19-4-3-5-20(14-19)29-2/h3-9,14,16H,10-13,15H2,1-2H3,(H,24,28). The van der Waals surface area contributed by atoms with Gasteiger partial charge in [0.25, 0.3) is 5.91 Å². The molecule has 2 heterocycles. The van der Waals surface area contributed by atoms with E-state index in [1.54, 1.807) is 7.11 Å². The van der Waals surface area contributed by atoms with Crippen LogP contribution in [-0.2, 0) is 6.54 Å². The van der Waals surface area contributed by atoms with Crippen LogP contribution in [0.3, 0.4) is 0 Å². The van der Waals surface area contributed by atoms with Crippen LogP contribution in [0.4, 0.5) is 11.4 Å². The minimum absolute atomic E-state index is 0.267. The van der Waals surface area contributed by atoms with E-state index in [1.165, 1.54) is 12.0 Å². The summed E-state index contributed by atoms with van der Waals surface area (Å²) in [7, 11) is 1.68. The summed E-state index contributed by atoms with van der Waals surface area (Å²) in [4.78, 5) is 21.4. The number of oxazole rings is 1. The number of nitrogens with zero attached hydrogens (tertiary/aromatic N) is 3. The third-order valence-electron chi connectivity index (χ3n) is 5.24. The lowest BCUT2D eigenvalue weighted by Gasteiger charge is -2.35. The van der Waals surface area contributed by atoms with Crippen LogP contribution < -0.4 is 15.0 Å². The molecule has 0 unspecified atom stereocenters. The van der Waals surface area contributed by atoms with E-state index in [4.69, 9.17) is 9.15 Å². The molecule has 0 aliphatic carbocycles. The Morgan fingerprint density at radius 2 is 1.90 bits per heavy atom. The van der Waals surface area contributed by atoms with Gasteiger partial charge in [0.15, 0.2) is 5.69 Å². The molecule has 1 saturated heterocycles. The van der Waals surface area contributed by atoms with Gasteiger partial charge >= 0.3 is 0 Å². The Balaban J connectivity index is 1.30. The number of aromatic nitrogens is 1. The van der Waals surface area contributed by atoms with Gasteiger partial charge in [-0.15, -0.1) is 0 Å². The number of ether oxygens (including phenoxy) is 1. The Morgan fingerprint density at radius 1 is 1.13 bits per heavy atom. The zero-order valence-electron chi connectivity index (χ0n) is 17.3. The molecule has 3 aromatic rings. The van der Waals surface area contributed by atoms with E-state index in [0.29, 0.717) is 18.1 Å². The molecule has 0 saturated carbocycles. The second-order valence-electron chi connectivity index (χ2n) is 7.41. The highest BCUT2D eigenvalue weighted by atomic mass is 16.5. The van der Waals surface area contributed by atoms with E-state index in [2.05, 4.69) is 32.2 Å². The molecule has 7 nitrogen and oxygen atoms in total. The quantitative estimate of drug-likeness (QED) is 0.675. The summed E-state index contributed by atoms with van der Waals surface area (Å²) in [6.07, 6.45) is 1.42. The van der Waals surface area contributed by atoms with Gasteiger partial charge in [-0.25, -0.2) is 4.98 Å². The molecule has 2 aromatic carbocycles. The number of hydrogen-bond acceptors (Lipinski definition) is 6. The van der Waals surface area contributed by atoms with Gasteiger partial charge in [-0.05, 0) is 31.2 Å². The number of carbonyl (C=O) groups is 1. The van der Waals surface area contributed by atoms with Crippen molar-refractivity contribution >= 4 is 17.3 Å². The molecule has 1 aromatic heterocycles. The fourth-order valence-electron chi connectivity index (χ4n) is 3.48. The number of rotatable bonds is 6. The maximum atomic E-state index is 12.4. The van der Waals surface area contributed by atoms with Gasteiger partial charge in [-0.2, -0.15) is 0 Å². The summed E-state index contributed by atoms with van der Waals surface area (Å²) >= 11 is 0. The smallest absolute Gasteiger partial charge is 0.277 e. The molecule has 0 radical (unpaired) electrons. The number of benzene rings is 2. The van der Waals surface area contributed by atoms with Crippen LogP contribution in [-0.4, -0.2) is 49.1 Å². The van der Waals surface area contributed by atoms with Gasteiger partial charge in [-0.3, -0.25) is 9.69 Å². The van der Waals surface area contributed by atoms with Crippen LogP contribution in [0.25, 0.3) is 0 Å². The predicted molar refractivity (Wildman–Crippen MR) is 116 cm³/mol. The summed E-state index contributed by atoms with van der Waals surface area (Å²) in [6, 6.07) is 15.8. The molecular weight excluding hydrogens is 380 g/mol. The van der Waals surface area contributed by atoms with Crippen molar-refractivity contribution in [3.05, 3.63) is 71.9 Å². The average molecular weight is 406 g/mol. The first kappa shape index (κ1) is 20.0. The van der Waals surface area contributed by atoms with Gasteiger partial charge in [-0.1, -0.05) is 23.8 Å². The number of piperazine rings is 1. The van der Waals surface area contributed by atoms with Crippen molar-refractivity contribution in [2.75, 3.05) is 43.5 Å². The summed E-state index contributed by atoms with van der Waals surface area (Å²) in [6.45, 7) is 6.20. The van der Waals surface area contributed by atoms with E-state index in [-0.39, 0.29) is 5.91 Å². The second kappa shape index (κ2) is 9.00. The first-order chi connectivity index (χ1) is 14.6. The van der Waals surface area contributed by atoms with Crippen LogP contribution in [0.1, 0.15) is 21.9 Å². The Hall–Kier alpha value is -3.32. The van der Waals surface area contributed by atoms with Crippen molar-refractivity contribution < 1.29 is 13.9 Å². The minimum atomic E-state index is -0.267. The van der Waals surface area contributed by atoms with E-state index in [9.17, 15) is 4.79 Å². The number of carbonyl (C=O) groups excluding carboxylic acids is 1. The second-order valence-corrected chi connectivity index (χ2v) is 7.41. The Bertz CT molecular complexity index is 992. The fourth-order valence-corrected chi connectivity index (χ4v) is 3.48. The SMILES string of the molecule is COc1cccc(N2CCN(Cc3nc(C(=O)Nc4ccc(C)cc4)co3)CC2)c1. The molecule has 0 bridgehead atoms. The number of methoxy groups -OCH3 is 1. The highest BCUT2D eigenvalue weighted by molar-refractivity contribution is 6.02. The first-order valence-corrected chi connectivity index (χ1v) is 10.0. The van der Waals surface area contributed by atoms with E-state index in [0.717, 1.165) is 43.2 Å². The molecular formula is C23H26N4O3. The van der Waals surface area contributed by atoms with Crippen molar-refractivity contribution in [2.45, 2.75) is 13.5 Å². The Labute approximate surface area is 176 Å². The van der Waals surface area contributed by atoms with Crippen molar-refractivity contribution in [3.63, 3.8) is 0 Å². The number of anilines is 2. The molecule has 1 aliphatic rings. The van der Waals surface area contributed by atoms with Gasteiger partial charge in [0.1, 0.15) is 12.0 Å². The monoisotopic (exact) mass is 406 g/mol. The van der Waals surface area contributed by atoms with Gasteiger partial charge in [0, 0.05) is 43.6 Å². The maximum absolute atomic E-state index is 12.4. The van der Waals surface area contributed by atoms with Crippen molar-refractivity contribution in [1.82, 2.24) is 9.88 Å². The van der Waals surface area contributed by atoms with Gasteiger partial charge < -0.3 is 19.4 Å². The Kier molecular flexibility index (Phi) is 5.99. The fraction of sp³-hybridized carbons (Fsp3) is 0.304. The lowest BCUT2D eigenvalue weighted by Crippen LogP contribution is -2.46. The topological polar surface area (TPSA) is 70.8 Å². The molecule has 0 atom stereocenters. The van der Waals surface area contributed by atoms with Gasteiger partial charge in [0.2, 0.25) is 5.89 Å². The molecule has 30 heavy (non-hydrogen) atoms. The average Bonchev–Trinajstić information content (AvgIpc) is 3.24. The van der Waals surface area contributed by atoms with Crippen molar-refractivity contribution in [2.24, 2.45) is 0 Å². The van der Waals surface area contributed by atoms with Crippen molar-refractivity contribution in [3.8, 4) is 5.75 Å². The third-order valence-corrected chi connectivity index (χ3v) is 5.24. The lowest BCUT2D eigenvalue weighted by atomic mass is 10.2. The number of nitrogens with one attached hydrogen (secondary N) is 1. The molecule has 1 N–H and O–H groups in total. The number of aryl methyl sites for hydroxylation is 1. The first-order valence-electron chi connectivity index (χ1n) is 10.0. The summed E-state index contributed by atoms with van der Waals surface area (Å²) in [5.41, 5.74) is 3.34. The zero-order valence-corrected chi connectivity index (χ0v) is 17.3. The summed E-state index contributed by atoms with van der Waals surface area (Å²) in [5, 5.41) is 2.84. The van der Waals surface area contributed by atoms with Crippen LogP contribution in [0.5, 0.6) is 5.75 Å². The molecule has 156 valence electrons. The molecule has 1 fully saturated rings. The van der Waals surface area contributed by atoms with E-state index < -0.39 is 0 Å². The maximum Gasteiger partial charge on any atom is 0.277 e. The molecule has 0 spiro atoms. The highest BCUT2D eigenvalue weighted by Gasteiger charge is 2.20. The predicted octanol–water partition coefficient (Wildman–Crippen LogP) is 3.57. The minimum Gasteiger partial charge on any atom is -0.497 e. The Morgan fingerprint density at radius 3 is 2.63 bits per heavy atom. The summed E-state index contributed by atoms with van der Waals surface area (Å²) in [5.74, 6) is 1.15. The van der Waals surface area contributed by atoms with Crippen LogP contribution in [0.15, 0.2) is 59.2 Å². The molecule has 1 aliphatic heterocycles. The third kappa shape index (κ3) is 4.80. The largest absolute Gasteiger partial charge is 0.497 e. The van der Waals surface area contributed by atoms with Crippen molar-refractivity contribution in [1.29, 1.82) is 0 Å². The van der Waals surface area contributed by atoms with Crippen LogP contribution in [0.2, 0.25) is 0 Å². The molecule has 7 heteroatoms. The van der Waals surface area contributed by atoms with Crippen LogP contribution >= 0.6 is 0 Å². The molecule has 4 rings (SSSR count). The molecule has 1 amide bonds. The highest BCUT2D eigenvalue weighted by Crippen LogP contribution is 2.22.